The molecule has 2 N–H and O–H groups in total. The van der Waals surface area contributed by atoms with E-state index < -0.39 is 0 Å². The molecule has 0 aliphatic carbocycles. The van der Waals surface area contributed by atoms with Crippen LogP contribution in [0.5, 0.6) is 0 Å². The minimum atomic E-state index is 0.767. The van der Waals surface area contributed by atoms with Crippen molar-refractivity contribution in [2.75, 3.05) is 5.73 Å². The van der Waals surface area contributed by atoms with Gasteiger partial charge in [-0.2, -0.15) is 0 Å². The van der Waals surface area contributed by atoms with Crippen LogP contribution >= 0.6 is 23.1 Å². The number of benzene rings is 1. The van der Waals surface area contributed by atoms with Crippen molar-refractivity contribution in [3.63, 3.8) is 0 Å². The van der Waals surface area contributed by atoms with Crippen molar-refractivity contribution in [1.29, 1.82) is 0 Å². The lowest BCUT2D eigenvalue weighted by Gasteiger charge is -2.06. The van der Waals surface area contributed by atoms with E-state index >= 15 is 0 Å². The molecule has 0 aliphatic rings. The molecule has 0 atom stereocenters. The summed E-state index contributed by atoms with van der Waals surface area (Å²) in [5, 5.41) is 10.1. The van der Waals surface area contributed by atoms with Crippen LogP contribution < -0.4 is 5.73 Å². The standard InChI is InChI=1S/C13H12N4S2/c1-8-16-17-13(19-8)18-7-9-4-5-11(14)10-3-2-6-15-12(9)10/h2-6H,7,14H2,1H3. The number of nitrogens with two attached hydrogens (primary N) is 1. The number of aromatic nitrogens is 3. The third kappa shape index (κ3) is 2.54. The van der Waals surface area contributed by atoms with Crippen molar-refractivity contribution in [3.8, 4) is 0 Å². The fourth-order valence-electron chi connectivity index (χ4n) is 1.85. The molecule has 96 valence electrons. The molecule has 19 heavy (non-hydrogen) atoms. The maximum Gasteiger partial charge on any atom is 0.174 e. The monoisotopic (exact) mass is 288 g/mol. The second-order valence-corrected chi connectivity index (χ2v) is 6.49. The number of fused-ring (bicyclic) bond motifs is 1. The lowest BCUT2D eigenvalue weighted by Crippen LogP contribution is -1.92. The topological polar surface area (TPSA) is 64.7 Å². The summed E-state index contributed by atoms with van der Waals surface area (Å²) in [6.07, 6.45) is 1.80. The van der Waals surface area contributed by atoms with Crippen LogP contribution in [0.2, 0.25) is 0 Å². The first-order chi connectivity index (χ1) is 9.24. The van der Waals surface area contributed by atoms with E-state index in [0.29, 0.717) is 0 Å². The number of rotatable bonds is 3. The van der Waals surface area contributed by atoms with E-state index in [1.807, 2.05) is 31.2 Å². The quantitative estimate of drug-likeness (QED) is 0.592. The summed E-state index contributed by atoms with van der Waals surface area (Å²) in [6, 6.07) is 7.88. The molecule has 0 unspecified atom stereocenters. The Morgan fingerprint density at radius 2 is 2.16 bits per heavy atom. The van der Waals surface area contributed by atoms with Crippen molar-refractivity contribution in [1.82, 2.24) is 15.2 Å². The molecule has 0 radical (unpaired) electrons. The first-order valence-electron chi connectivity index (χ1n) is 5.79. The Balaban J connectivity index is 1.91. The third-order valence-electron chi connectivity index (χ3n) is 2.75. The molecular formula is C13H12N4S2. The molecule has 6 heteroatoms. The molecular weight excluding hydrogens is 276 g/mol. The van der Waals surface area contributed by atoms with E-state index in [9.17, 15) is 0 Å². The van der Waals surface area contributed by atoms with Crippen LogP contribution in [0.15, 0.2) is 34.8 Å². The molecule has 0 spiro atoms. The Bertz CT molecular complexity index is 723. The third-order valence-corrected chi connectivity index (χ3v) is 4.77. The van der Waals surface area contributed by atoms with E-state index in [1.165, 1.54) is 5.56 Å². The summed E-state index contributed by atoms with van der Waals surface area (Å²) in [4.78, 5) is 4.43. The van der Waals surface area contributed by atoms with Crippen LogP contribution in [0.4, 0.5) is 5.69 Å². The highest BCUT2D eigenvalue weighted by molar-refractivity contribution is 8.00. The fourth-order valence-corrected chi connectivity index (χ4v) is 3.65. The van der Waals surface area contributed by atoms with Gasteiger partial charge in [0.25, 0.3) is 0 Å². The van der Waals surface area contributed by atoms with E-state index in [1.54, 1.807) is 29.3 Å². The van der Waals surface area contributed by atoms with Gasteiger partial charge in [0, 0.05) is 23.0 Å². The van der Waals surface area contributed by atoms with Crippen molar-refractivity contribution >= 4 is 39.7 Å². The molecule has 1 aromatic carbocycles. The summed E-state index contributed by atoms with van der Waals surface area (Å²) < 4.78 is 0.985. The van der Waals surface area contributed by atoms with Crippen LogP contribution in [0.25, 0.3) is 10.9 Å². The van der Waals surface area contributed by atoms with Crippen molar-refractivity contribution in [2.45, 2.75) is 17.0 Å². The van der Waals surface area contributed by atoms with Gasteiger partial charge in [-0.05, 0) is 30.7 Å². The van der Waals surface area contributed by atoms with Gasteiger partial charge >= 0.3 is 0 Å². The molecule has 0 amide bonds. The minimum Gasteiger partial charge on any atom is -0.398 e. The predicted octanol–water partition coefficient (Wildman–Crippen LogP) is 3.27. The van der Waals surface area contributed by atoms with Gasteiger partial charge < -0.3 is 5.73 Å². The zero-order valence-electron chi connectivity index (χ0n) is 10.3. The molecule has 4 nitrogen and oxygen atoms in total. The molecule has 3 aromatic rings. The molecule has 2 heterocycles. The maximum atomic E-state index is 5.97. The number of nitrogens with zero attached hydrogens (tertiary/aromatic N) is 3. The van der Waals surface area contributed by atoms with Gasteiger partial charge in [0.1, 0.15) is 5.01 Å². The highest BCUT2D eigenvalue weighted by atomic mass is 32.2. The molecule has 0 bridgehead atoms. The Kier molecular flexibility index (Phi) is 3.35. The molecule has 2 aromatic heterocycles. The zero-order valence-corrected chi connectivity index (χ0v) is 12.0. The van der Waals surface area contributed by atoms with Crippen LogP contribution in [0.3, 0.4) is 0 Å². The normalized spacial score (nSPS) is 11.0. The van der Waals surface area contributed by atoms with Crippen LogP contribution in [-0.4, -0.2) is 15.2 Å². The number of nitrogen functional groups attached to an aromatic ring is 1. The first-order valence-corrected chi connectivity index (χ1v) is 7.59. The Morgan fingerprint density at radius 1 is 1.26 bits per heavy atom. The predicted molar refractivity (Wildman–Crippen MR) is 80.4 cm³/mol. The molecule has 0 fully saturated rings. The molecule has 3 rings (SSSR count). The SMILES string of the molecule is Cc1nnc(SCc2ccc(N)c3cccnc23)s1. The van der Waals surface area contributed by atoms with Gasteiger partial charge in [0.2, 0.25) is 0 Å². The Hall–Kier alpha value is -1.66. The van der Waals surface area contributed by atoms with Gasteiger partial charge in [0.15, 0.2) is 4.34 Å². The number of hydrogen-bond acceptors (Lipinski definition) is 6. The highest BCUT2D eigenvalue weighted by Gasteiger charge is 2.07. The highest BCUT2D eigenvalue weighted by Crippen LogP contribution is 2.30. The van der Waals surface area contributed by atoms with Gasteiger partial charge in [-0.25, -0.2) is 0 Å². The summed E-state index contributed by atoms with van der Waals surface area (Å²) in [7, 11) is 0. The lowest BCUT2D eigenvalue weighted by molar-refractivity contribution is 0.984. The number of hydrogen-bond donors (Lipinski definition) is 1. The van der Waals surface area contributed by atoms with E-state index in [0.717, 1.165) is 31.7 Å². The van der Waals surface area contributed by atoms with Crippen LogP contribution in [-0.2, 0) is 5.75 Å². The summed E-state index contributed by atoms with van der Waals surface area (Å²) in [5.41, 5.74) is 8.87. The second kappa shape index (κ2) is 5.14. The average molecular weight is 288 g/mol. The molecule has 0 aliphatic heterocycles. The van der Waals surface area contributed by atoms with E-state index in [4.69, 9.17) is 5.73 Å². The smallest absolute Gasteiger partial charge is 0.174 e. The molecule has 0 saturated carbocycles. The van der Waals surface area contributed by atoms with Gasteiger partial charge in [-0.15, -0.1) is 10.2 Å². The number of pyridine rings is 1. The number of thioether (sulfide) groups is 1. The van der Waals surface area contributed by atoms with Gasteiger partial charge in [0.05, 0.1) is 5.52 Å². The minimum absolute atomic E-state index is 0.767. The summed E-state index contributed by atoms with van der Waals surface area (Å²) in [5.74, 6) is 0.822. The Morgan fingerprint density at radius 3 is 2.95 bits per heavy atom. The number of anilines is 1. The van der Waals surface area contributed by atoms with Gasteiger partial charge in [-0.1, -0.05) is 29.2 Å². The maximum absolute atomic E-state index is 5.97. The van der Waals surface area contributed by atoms with Crippen molar-refractivity contribution in [3.05, 3.63) is 41.0 Å². The average Bonchev–Trinajstić information content (AvgIpc) is 2.84. The van der Waals surface area contributed by atoms with Crippen LogP contribution in [0.1, 0.15) is 10.6 Å². The fraction of sp³-hybridized carbons (Fsp3) is 0.154. The Labute approximate surface area is 119 Å². The van der Waals surface area contributed by atoms with Crippen molar-refractivity contribution in [2.24, 2.45) is 0 Å². The van der Waals surface area contributed by atoms with E-state index in [-0.39, 0.29) is 0 Å². The summed E-state index contributed by atoms with van der Waals surface area (Å²) in [6.45, 7) is 1.96. The van der Waals surface area contributed by atoms with Crippen molar-refractivity contribution < 1.29 is 0 Å². The summed E-state index contributed by atoms with van der Waals surface area (Å²) >= 11 is 3.29. The second-order valence-electron chi connectivity index (χ2n) is 4.09. The zero-order chi connectivity index (χ0) is 13.2. The van der Waals surface area contributed by atoms with E-state index in [2.05, 4.69) is 15.2 Å². The number of aryl methyl sites for hydroxylation is 1. The molecule has 0 saturated heterocycles. The van der Waals surface area contributed by atoms with Gasteiger partial charge in [-0.3, -0.25) is 4.98 Å². The largest absolute Gasteiger partial charge is 0.398 e. The van der Waals surface area contributed by atoms with Crippen LogP contribution in [0, 0.1) is 6.92 Å². The lowest BCUT2D eigenvalue weighted by atomic mass is 10.1. The first kappa shape index (κ1) is 12.4.